The molecule has 0 radical (unpaired) electrons. The fourth-order valence-electron chi connectivity index (χ4n) is 3.58. The van der Waals surface area contributed by atoms with Crippen molar-refractivity contribution in [3.05, 3.63) is 35.6 Å². The van der Waals surface area contributed by atoms with E-state index in [1.807, 2.05) is 12.1 Å². The van der Waals surface area contributed by atoms with Crippen LogP contribution in [-0.4, -0.2) is 25.8 Å². The zero-order valence-electron chi connectivity index (χ0n) is 12.2. The quantitative estimate of drug-likeness (QED) is 0.862. The highest BCUT2D eigenvalue weighted by atomic mass is 19.1. The van der Waals surface area contributed by atoms with Gasteiger partial charge in [0.05, 0.1) is 6.10 Å². The maximum absolute atomic E-state index is 14.0. The van der Waals surface area contributed by atoms with Crippen LogP contribution in [0.2, 0.25) is 0 Å². The molecule has 2 atom stereocenters. The average Bonchev–Trinajstić information content (AvgIpc) is 3.21. The second kappa shape index (κ2) is 5.82. The van der Waals surface area contributed by atoms with Crippen molar-refractivity contribution in [3.8, 4) is 0 Å². The van der Waals surface area contributed by atoms with Crippen LogP contribution in [0.15, 0.2) is 24.3 Å². The van der Waals surface area contributed by atoms with E-state index in [9.17, 15) is 4.39 Å². The fraction of sp³-hybridized carbons (Fsp3) is 0.647. The summed E-state index contributed by atoms with van der Waals surface area (Å²) in [5, 5.41) is 3.48. The number of hydrogen-bond donors (Lipinski definition) is 1. The van der Waals surface area contributed by atoms with Crippen molar-refractivity contribution < 1.29 is 9.13 Å². The van der Waals surface area contributed by atoms with E-state index in [4.69, 9.17) is 4.74 Å². The lowest BCUT2D eigenvalue weighted by atomic mass is 9.74. The molecule has 1 saturated heterocycles. The first-order valence-electron chi connectivity index (χ1n) is 7.81. The summed E-state index contributed by atoms with van der Waals surface area (Å²) in [5.41, 5.74) is 0.904. The average molecular weight is 277 g/mol. The van der Waals surface area contributed by atoms with Gasteiger partial charge in [-0.05, 0) is 49.8 Å². The number of hydrogen-bond acceptors (Lipinski definition) is 2. The third-order valence-electron chi connectivity index (χ3n) is 4.78. The summed E-state index contributed by atoms with van der Waals surface area (Å²) in [4.78, 5) is 0. The van der Waals surface area contributed by atoms with Crippen molar-refractivity contribution >= 4 is 0 Å². The molecule has 1 aliphatic carbocycles. The van der Waals surface area contributed by atoms with Crippen LogP contribution in [0.1, 0.15) is 31.7 Å². The SMILES string of the molecule is CCNCC1(Cc2ccccc2F)CCOC1C1CC1. The van der Waals surface area contributed by atoms with E-state index >= 15 is 0 Å². The van der Waals surface area contributed by atoms with Crippen molar-refractivity contribution in [2.45, 2.75) is 38.7 Å². The van der Waals surface area contributed by atoms with E-state index in [0.29, 0.717) is 12.0 Å². The Balaban J connectivity index is 1.83. The summed E-state index contributed by atoms with van der Waals surface area (Å²) in [7, 11) is 0. The molecular weight excluding hydrogens is 253 g/mol. The number of benzene rings is 1. The maximum atomic E-state index is 14.0. The first kappa shape index (κ1) is 14.0. The molecule has 2 unspecified atom stereocenters. The zero-order valence-corrected chi connectivity index (χ0v) is 12.2. The topological polar surface area (TPSA) is 21.3 Å². The minimum atomic E-state index is -0.0789. The van der Waals surface area contributed by atoms with E-state index < -0.39 is 0 Å². The van der Waals surface area contributed by atoms with Crippen molar-refractivity contribution in [1.82, 2.24) is 5.32 Å². The minimum Gasteiger partial charge on any atom is -0.377 e. The van der Waals surface area contributed by atoms with Crippen molar-refractivity contribution in [2.24, 2.45) is 11.3 Å². The van der Waals surface area contributed by atoms with Gasteiger partial charge in [0.2, 0.25) is 0 Å². The van der Waals surface area contributed by atoms with Crippen LogP contribution >= 0.6 is 0 Å². The Bertz CT molecular complexity index is 460. The van der Waals surface area contributed by atoms with Crippen molar-refractivity contribution in [1.29, 1.82) is 0 Å². The summed E-state index contributed by atoms with van der Waals surface area (Å²) in [5.74, 6) is 0.618. The van der Waals surface area contributed by atoms with Gasteiger partial charge in [0.25, 0.3) is 0 Å². The molecule has 2 fully saturated rings. The highest BCUT2D eigenvalue weighted by molar-refractivity contribution is 5.21. The molecule has 3 heteroatoms. The van der Waals surface area contributed by atoms with Gasteiger partial charge in [0, 0.05) is 18.6 Å². The Morgan fingerprint density at radius 1 is 1.35 bits per heavy atom. The van der Waals surface area contributed by atoms with Gasteiger partial charge in [0.1, 0.15) is 5.82 Å². The molecule has 1 N–H and O–H groups in total. The second-order valence-corrected chi connectivity index (χ2v) is 6.29. The number of halogens is 1. The zero-order chi connectivity index (χ0) is 14.0. The molecule has 1 heterocycles. The molecule has 1 aromatic carbocycles. The Hall–Kier alpha value is -0.930. The van der Waals surface area contributed by atoms with E-state index in [1.54, 1.807) is 12.1 Å². The highest BCUT2D eigenvalue weighted by Crippen LogP contribution is 2.49. The summed E-state index contributed by atoms with van der Waals surface area (Å²) in [6.07, 6.45) is 4.68. The lowest BCUT2D eigenvalue weighted by Gasteiger charge is -2.35. The smallest absolute Gasteiger partial charge is 0.126 e. The first-order chi connectivity index (χ1) is 9.75. The van der Waals surface area contributed by atoms with E-state index in [0.717, 1.165) is 38.1 Å². The van der Waals surface area contributed by atoms with Gasteiger partial charge < -0.3 is 10.1 Å². The summed E-state index contributed by atoms with van der Waals surface area (Å²) >= 11 is 0. The predicted molar refractivity (Wildman–Crippen MR) is 78.2 cm³/mol. The normalized spacial score (nSPS) is 29.8. The third-order valence-corrected chi connectivity index (χ3v) is 4.78. The van der Waals surface area contributed by atoms with Crippen LogP contribution in [0, 0.1) is 17.2 Å². The van der Waals surface area contributed by atoms with Crippen molar-refractivity contribution in [3.63, 3.8) is 0 Å². The van der Waals surface area contributed by atoms with Crippen LogP contribution in [0.3, 0.4) is 0 Å². The number of rotatable bonds is 6. The summed E-state index contributed by atoms with van der Waals surface area (Å²) in [6.45, 7) is 4.83. The summed E-state index contributed by atoms with van der Waals surface area (Å²) in [6, 6.07) is 7.18. The molecule has 0 amide bonds. The lowest BCUT2D eigenvalue weighted by molar-refractivity contribution is 0.0305. The van der Waals surface area contributed by atoms with Crippen LogP contribution in [0.25, 0.3) is 0 Å². The number of nitrogens with one attached hydrogen (secondary N) is 1. The van der Waals surface area contributed by atoms with Crippen LogP contribution < -0.4 is 5.32 Å². The molecule has 2 aliphatic rings. The Labute approximate surface area is 120 Å². The molecule has 0 spiro atoms. The van der Waals surface area contributed by atoms with Gasteiger partial charge in [0.15, 0.2) is 0 Å². The Kier molecular flexibility index (Phi) is 4.08. The minimum absolute atomic E-state index is 0.0688. The highest BCUT2D eigenvalue weighted by Gasteiger charge is 2.50. The standard InChI is InChI=1S/C17H24FNO/c1-2-19-12-17(9-10-20-16(17)13-7-8-13)11-14-5-3-4-6-15(14)18/h3-6,13,16,19H,2,7-12H2,1H3. The molecule has 20 heavy (non-hydrogen) atoms. The second-order valence-electron chi connectivity index (χ2n) is 6.29. The summed E-state index contributed by atoms with van der Waals surface area (Å²) < 4.78 is 20.1. The van der Waals surface area contributed by atoms with Gasteiger partial charge in [-0.15, -0.1) is 0 Å². The van der Waals surface area contributed by atoms with Gasteiger partial charge in [-0.1, -0.05) is 25.1 Å². The molecule has 3 rings (SSSR count). The Morgan fingerprint density at radius 3 is 2.85 bits per heavy atom. The van der Waals surface area contributed by atoms with Gasteiger partial charge >= 0.3 is 0 Å². The largest absolute Gasteiger partial charge is 0.377 e. The lowest BCUT2D eigenvalue weighted by Crippen LogP contribution is -2.43. The molecule has 110 valence electrons. The monoisotopic (exact) mass is 277 g/mol. The van der Waals surface area contributed by atoms with Gasteiger partial charge in [-0.25, -0.2) is 4.39 Å². The van der Waals surface area contributed by atoms with Crippen LogP contribution in [0.5, 0.6) is 0 Å². The molecule has 2 nitrogen and oxygen atoms in total. The van der Waals surface area contributed by atoms with E-state index in [-0.39, 0.29) is 11.2 Å². The van der Waals surface area contributed by atoms with E-state index in [1.165, 1.54) is 12.8 Å². The van der Waals surface area contributed by atoms with Crippen LogP contribution in [0.4, 0.5) is 4.39 Å². The Morgan fingerprint density at radius 2 is 2.15 bits per heavy atom. The molecule has 0 bridgehead atoms. The van der Waals surface area contributed by atoms with Crippen molar-refractivity contribution in [2.75, 3.05) is 19.7 Å². The molecular formula is C17H24FNO. The first-order valence-corrected chi connectivity index (χ1v) is 7.81. The van der Waals surface area contributed by atoms with E-state index in [2.05, 4.69) is 12.2 Å². The predicted octanol–water partition coefficient (Wildman–Crippen LogP) is 3.16. The van der Waals surface area contributed by atoms with Crippen LogP contribution in [-0.2, 0) is 11.2 Å². The fourth-order valence-corrected chi connectivity index (χ4v) is 3.58. The molecule has 1 aromatic rings. The third kappa shape index (κ3) is 2.75. The van der Waals surface area contributed by atoms with Gasteiger partial charge in [-0.3, -0.25) is 0 Å². The molecule has 1 saturated carbocycles. The molecule has 1 aliphatic heterocycles. The van der Waals surface area contributed by atoms with Gasteiger partial charge in [-0.2, -0.15) is 0 Å². The number of ether oxygens (including phenoxy) is 1. The maximum Gasteiger partial charge on any atom is 0.126 e. The molecule has 0 aromatic heterocycles.